The molecule has 9 nitrogen and oxygen atoms in total. The zero-order valence-electron chi connectivity index (χ0n) is 35.2. The van der Waals surface area contributed by atoms with E-state index in [1.54, 1.807) is 0 Å². The van der Waals surface area contributed by atoms with Crippen molar-refractivity contribution in [3.63, 3.8) is 0 Å². The van der Waals surface area contributed by atoms with E-state index in [2.05, 4.69) is 62.5 Å². The van der Waals surface area contributed by atoms with Crippen molar-refractivity contribution in [2.75, 3.05) is 26.4 Å². The summed E-state index contributed by atoms with van der Waals surface area (Å²) in [5.74, 6) is -0.871. The van der Waals surface area contributed by atoms with Gasteiger partial charge in [0.15, 0.2) is 6.10 Å². The Morgan fingerprint density at radius 3 is 1.45 bits per heavy atom. The fourth-order valence-electron chi connectivity index (χ4n) is 5.87. The molecule has 55 heavy (non-hydrogen) atoms. The Morgan fingerprint density at radius 1 is 0.545 bits per heavy atom. The summed E-state index contributed by atoms with van der Waals surface area (Å²) in [5.41, 5.74) is 5.35. The third-order valence-corrected chi connectivity index (χ3v) is 10.2. The number of esters is 2. The van der Waals surface area contributed by atoms with Crippen LogP contribution in [-0.2, 0) is 32.7 Å². The molecule has 10 heteroatoms. The Labute approximate surface area is 336 Å². The fourth-order valence-corrected chi connectivity index (χ4v) is 6.64. The second kappa shape index (κ2) is 41.6. The summed E-state index contributed by atoms with van der Waals surface area (Å²) in [5, 5.41) is 0. The van der Waals surface area contributed by atoms with Crippen molar-refractivity contribution in [3.05, 3.63) is 48.6 Å². The molecule has 0 aliphatic carbocycles. The van der Waals surface area contributed by atoms with Crippen LogP contribution in [0.25, 0.3) is 0 Å². The van der Waals surface area contributed by atoms with Crippen molar-refractivity contribution in [1.29, 1.82) is 0 Å². The minimum Gasteiger partial charge on any atom is -0.462 e. The SMILES string of the molecule is CCCCC/C=C/C/C=C/CCCCCCCCCCCC(=O)O[C@H](COC(=O)CCCC/C=C/C/C=C/CCCCCCCC)COP(=O)(O)OCCN. The third-order valence-electron chi connectivity index (χ3n) is 9.19. The number of allylic oxidation sites excluding steroid dienone is 8. The molecule has 0 aromatic carbocycles. The second-order valence-corrected chi connectivity index (χ2v) is 16.0. The van der Waals surface area contributed by atoms with Crippen LogP contribution < -0.4 is 5.73 Å². The molecule has 0 aromatic rings. The molecule has 0 saturated heterocycles. The molecule has 0 heterocycles. The molecular weight excluding hydrogens is 713 g/mol. The molecule has 0 fully saturated rings. The van der Waals surface area contributed by atoms with Gasteiger partial charge in [0.05, 0.1) is 13.2 Å². The van der Waals surface area contributed by atoms with Gasteiger partial charge in [0.25, 0.3) is 0 Å². The first kappa shape index (κ1) is 53.0. The van der Waals surface area contributed by atoms with Crippen LogP contribution in [0.15, 0.2) is 48.6 Å². The average molecular weight is 796 g/mol. The first-order valence-corrected chi connectivity index (χ1v) is 23.6. The summed E-state index contributed by atoms with van der Waals surface area (Å²) in [6.45, 7) is 3.66. The minimum absolute atomic E-state index is 0.0473. The van der Waals surface area contributed by atoms with E-state index in [4.69, 9.17) is 24.3 Å². The molecule has 0 saturated carbocycles. The Kier molecular flexibility index (Phi) is 40.1. The number of carbonyl (C=O) groups is 2. The van der Waals surface area contributed by atoms with E-state index < -0.39 is 32.5 Å². The second-order valence-electron chi connectivity index (χ2n) is 14.6. The molecule has 0 spiro atoms. The molecule has 0 aliphatic heterocycles. The number of hydrogen-bond donors (Lipinski definition) is 2. The summed E-state index contributed by atoms with van der Waals surface area (Å²) in [7, 11) is -4.39. The largest absolute Gasteiger partial charge is 0.472 e. The number of hydrogen-bond acceptors (Lipinski definition) is 8. The minimum atomic E-state index is -4.39. The lowest BCUT2D eigenvalue weighted by Crippen LogP contribution is -2.29. The molecule has 3 N–H and O–H groups in total. The zero-order valence-corrected chi connectivity index (χ0v) is 36.0. The van der Waals surface area contributed by atoms with E-state index in [0.29, 0.717) is 12.8 Å². The van der Waals surface area contributed by atoms with Crippen molar-refractivity contribution in [1.82, 2.24) is 0 Å². The molecule has 0 radical (unpaired) electrons. The molecular formula is C45H82NO8P. The lowest BCUT2D eigenvalue weighted by atomic mass is 10.1. The highest BCUT2D eigenvalue weighted by Gasteiger charge is 2.26. The van der Waals surface area contributed by atoms with Gasteiger partial charge >= 0.3 is 19.8 Å². The van der Waals surface area contributed by atoms with Gasteiger partial charge in [-0.25, -0.2) is 4.57 Å². The van der Waals surface area contributed by atoms with Crippen LogP contribution in [0.3, 0.4) is 0 Å². The maximum atomic E-state index is 12.6. The first-order chi connectivity index (χ1) is 26.8. The highest BCUT2D eigenvalue weighted by atomic mass is 31.2. The summed E-state index contributed by atoms with van der Waals surface area (Å²) >= 11 is 0. The summed E-state index contributed by atoms with van der Waals surface area (Å²) in [6.07, 6.45) is 47.1. The number of ether oxygens (including phenoxy) is 2. The van der Waals surface area contributed by atoms with E-state index in [9.17, 15) is 19.0 Å². The van der Waals surface area contributed by atoms with E-state index in [-0.39, 0.29) is 32.6 Å². The van der Waals surface area contributed by atoms with Crippen LogP contribution in [0.1, 0.15) is 194 Å². The molecule has 320 valence electrons. The first-order valence-electron chi connectivity index (χ1n) is 22.1. The van der Waals surface area contributed by atoms with Crippen molar-refractivity contribution in [3.8, 4) is 0 Å². The van der Waals surface area contributed by atoms with Crippen molar-refractivity contribution in [2.24, 2.45) is 5.73 Å². The van der Waals surface area contributed by atoms with Crippen molar-refractivity contribution in [2.45, 2.75) is 200 Å². The van der Waals surface area contributed by atoms with Crippen LogP contribution >= 0.6 is 7.82 Å². The van der Waals surface area contributed by atoms with Crippen molar-refractivity contribution < 1.29 is 37.6 Å². The van der Waals surface area contributed by atoms with Gasteiger partial charge in [-0.3, -0.25) is 18.6 Å². The van der Waals surface area contributed by atoms with Gasteiger partial charge in [0.1, 0.15) is 6.61 Å². The smallest absolute Gasteiger partial charge is 0.462 e. The van der Waals surface area contributed by atoms with Gasteiger partial charge in [-0.2, -0.15) is 0 Å². The topological polar surface area (TPSA) is 134 Å². The number of phosphoric acid groups is 1. The van der Waals surface area contributed by atoms with E-state index in [0.717, 1.165) is 57.8 Å². The predicted octanol–water partition coefficient (Wildman–Crippen LogP) is 12.7. The van der Waals surface area contributed by atoms with Gasteiger partial charge in [0, 0.05) is 19.4 Å². The Hall–Kier alpha value is -2.03. The average Bonchev–Trinajstić information content (AvgIpc) is 3.17. The highest BCUT2D eigenvalue weighted by Crippen LogP contribution is 2.43. The lowest BCUT2D eigenvalue weighted by molar-refractivity contribution is -0.161. The zero-order chi connectivity index (χ0) is 40.3. The maximum Gasteiger partial charge on any atom is 0.472 e. The quantitative estimate of drug-likeness (QED) is 0.0268. The normalized spacial score (nSPS) is 13.7. The number of rotatable bonds is 41. The molecule has 0 aromatic heterocycles. The standard InChI is InChI=1S/C45H82NO8P/c1-3-5-7-9-11-13-15-17-19-20-21-22-24-26-28-30-32-34-36-38-45(48)54-43(42-53-55(49,50)52-40-39-46)41-51-44(47)37-35-33-31-29-27-25-23-18-16-14-12-10-8-6-4-2/h11,13,17-19,23,27,29,43H,3-10,12,14-16,20-22,24-26,28,30-42,46H2,1-2H3,(H,49,50)/b13-11+,19-17+,23-18+,29-27+/t43-/m1/s1. The molecule has 0 aliphatic rings. The Morgan fingerprint density at radius 2 is 0.945 bits per heavy atom. The summed E-state index contributed by atoms with van der Waals surface area (Å²) in [6, 6.07) is 0. The van der Waals surface area contributed by atoms with Crippen LogP contribution in [0.2, 0.25) is 0 Å². The maximum absolute atomic E-state index is 12.6. The number of nitrogens with two attached hydrogens (primary N) is 1. The highest BCUT2D eigenvalue weighted by molar-refractivity contribution is 7.47. The summed E-state index contributed by atoms with van der Waals surface area (Å²) < 4.78 is 32.7. The van der Waals surface area contributed by atoms with E-state index >= 15 is 0 Å². The van der Waals surface area contributed by atoms with E-state index in [1.807, 2.05) is 0 Å². The number of carbonyl (C=O) groups excluding carboxylic acids is 2. The third kappa shape index (κ3) is 41.4. The van der Waals surface area contributed by atoms with Gasteiger partial charge in [-0.1, -0.05) is 152 Å². The van der Waals surface area contributed by atoms with Gasteiger partial charge in [-0.05, 0) is 77.0 Å². The molecule has 0 bridgehead atoms. The van der Waals surface area contributed by atoms with E-state index in [1.165, 1.54) is 96.3 Å². The summed E-state index contributed by atoms with van der Waals surface area (Å²) in [4.78, 5) is 34.9. The van der Waals surface area contributed by atoms with Crippen LogP contribution in [0.4, 0.5) is 0 Å². The molecule has 2 atom stereocenters. The van der Waals surface area contributed by atoms with Crippen LogP contribution in [-0.4, -0.2) is 49.3 Å². The van der Waals surface area contributed by atoms with Crippen LogP contribution in [0, 0.1) is 0 Å². The molecule has 0 amide bonds. The Balaban J connectivity index is 4.19. The lowest BCUT2D eigenvalue weighted by Gasteiger charge is -2.19. The molecule has 0 rings (SSSR count). The van der Waals surface area contributed by atoms with Gasteiger partial charge in [0.2, 0.25) is 0 Å². The predicted molar refractivity (Wildman–Crippen MR) is 229 cm³/mol. The van der Waals surface area contributed by atoms with Gasteiger partial charge < -0.3 is 20.1 Å². The Bertz CT molecular complexity index is 1040. The van der Waals surface area contributed by atoms with Gasteiger partial charge in [-0.15, -0.1) is 0 Å². The number of unbranched alkanes of at least 4 members (excludes halogenated alkanes) is 20. The van der Waals surface area contributed by atoms with Crippen LogP contribution in [0.5, 0.6) is 0 Å². The monoisotopic (exact) mass is 796 g/mol. The molecule has 1 unspecified atom stereocenters. The number of phosphoric ester groups is 1. The fraction of sp³-hybridized carbons (Fsp3) is 0.778. The van der Waals surface area contributed by atoms with Crippen molar-refractivity contribution >= 4 is 19.8 Å².